The van der Waals surface area contributed by atoms with E-state index in [4.69, 9.17) is 31.6 Å². The molecule has 20 heavy (non-hydrogen) atoms. The molecule has 98 valence electrons. The summed E-state index contributed by atoms with van der Waals surface area (Å²) in [7, 11) is 1.49. The summed E-state index contributed by atoms with van der Waals surface area (Å²) in [6.45, 7) is 0. The van der Waals surface area contributed by atoms with Gasteiger partial charge in [0, 0.05) is 12.3 Å². The summed E-state index contributed by atoms with van der Waals surface area (Å²) in [4.78, 5) is 3.96. The van der Waals surface area contributed by atoms with Crippen molar-refractivity contribution in [3.63, 3.8) is 0 Å². The van der Waals surface area contributed by atoms with E-state index in [1.807, 2.05) is 12.1 Å². The Bertz CT molecular complexity index is 732. The molecule has 1 aromatic carbocycles. The van der Waals surface area contributed by atoms with Gasteiger partial charge in [0.05, 0.1) is 24.3 Å². The first-order chi connectivity index (χ1) is 9.67. The molecule has 0 amide bonds. The molecule has 0 saturated carbocycles. The van der Waals surface area contributed by atoms with Crippen LogP contribution in [0, 0.1) is 22.7 Å². The van der Waals surface area contributed by atoms with Crippen molar-refractivity contribution in [2.75, 3.05) is 7.11 Å². The first kappa shape index (κ1) is 13.7. The Hall–Kier alpha value is -2.76. The maximum absolute atomic E-state index is 8.94. The molecular weight excluding hydrogens is 278 g/mol. The SMILES string of the molecule is COc1cc(C#N)cc(Oc2nccc(C#N)c2Cl)c1. The number of rotatable bonds is 3. The lowest BCUT2D eigenvalue weighted by molar-refractivity contribution is 0.407. The summed E-state index contributed by atoms with van der Waals surface area (Å²) in [5.74, 6) is 0.930. The molecule has 2 aromatic rings. The Kier molecular flexibility index (Phi) is 4.05. The van der Waals surface area contributed by atoms with Crippen LogP contribution >= 0.6 is 11.6 Å². The minimum absolute atomic E-state index is 0.0999. The van der Waals surface area contributed by atoms with E-state index >= 15 is 0 Å². The zero-order valence-electron chi connectivity index (χ0n) is 10.4. The van der Waals surface area contributed by atoms with Gasteiger partial charge < -0.3 is 9.47 Å². The molecule has 6 heteroatoms. The van der Waals surface area contributed by atoms with E-state index < -0.39 is 0 Å². The van der Waals surface area contributed by atoms with Crippen LogP contribution < -0.4 is 9.47 Å². The molecule has 0 aliphatic heterocycles. The second kappa shape index (κ2) is 5.92. The summed E-state index contributed by atoms with van der Waals surface area (Å²) in [6, 6.07) is 10.1. The summed E-state index contributed by atoms with van der Waals surface area (Å²) in [6.07, 6.45) is 1.42. The van der Waals surface area contributed by atoms with Gasteiger partial charge in [-0.05, 0) is 18.2 Å². The fourth-order valence-corrected chi connectivity index (χ4v) is 1.70. The van der Waals surface area contributed by atoms with Gasteiger partial charge in [0.2, 0.25) is 5.88 Å². The topological polar surface area (TPSA) is 78.9 Å². The number of methoxy groups -OCH3 is 1. The summed E-state index contributed by atoms with van der Waals surface area (Å²) < 4.78 is 10.6. The second-order valence-electron chi connectivity index (χ2n) is 3.70. The van der Waals surface area contributed by atoms with E-state index in [2.05, 4.69) is 4.98 Å². The Labute approximate surface area is 120 Å². The third-order valence-corrected chi connectivity index (χ3v) is 2.80. The quantitative estimate of drug-likeness (QED) is 0.864. The Morgan fingerprint density at radius 2 is 1.90 bits per heavy atom. The van der Waals surface area contributed by atoms with Gasteiger partial charge in [-0.15, -0.1) is 0 Å². The van der Waals surface area contributed by atoms with Crippen molar-refractivity contribution < 1.29 is 9.47 Å². The highest BCUT2D eigenvalue weighted by Gasteiger charge is 2.11. The number of hydrogen-bond acceptors (Lipinski definition) is 5. The normalized spacial score (nSPS) is 9.40. The van der Waals surface area contributed by atoms with E-state index in [9.17, 15) is 0 Å². The third-order valence-electron chi connectivity index (χ3n) is 2.44. The van der Waals surface area contributed by atoms with Crippen LogP contribution in [-0.4, -0.2) is 12.1 Å². The molecule has 0 bridgehead atoms. The number of benzene rings is 1. The van der Waals surface area contributed by atoms with Gasteiger partial charge in [0.15, 0.2) is 0 Å². The van der Waals surface area contributed by atoms with Crippen molar-refractivity contribution in [2.45, 2.75) is 0 Å². The molecule has 0 aliphatic carbocycles. The number of aromatic nitrogens is 1. The molecule has 0 saturated heterocycles. The molecule has 0 radical (unpaired) electrons. The molecular formula is C14H8ClN3O2. The predicted molar refractivity (Wildman–Crippen MR) is 71.7 cm³/mol. The highest BCUT2D eigenvalue weighted by molar-refractivity contribution is 6.33. The van der Waals surface area contributed by atoms with Gasteiger partial charge in [0.25, 0.3) is 0 Å². The van der Waals surface area contributed by atoms with Crippen LogP contribution in [0.2, 0.25) is 5.02 Å². The Balaban J connectivity index is 2.41. The van der Waals surface area contributed by atoms with Crippen molar-refractivity contribution in [3.05, 3.63) is 46.6 Å². The largest absolute Gasteiger partial charge is 0.497 e. The lowest BCUT2D eigenvalue weighted by atomic mass is 10.2. The number of nitrogens with zero attached hydrogens (tertiary/aromatic N) is 3. The van der Waals surface area contributed by atoms with E-state index in [-0.39, 0.29) is 16.5 Å². The number of ether oxygens (including phenoxy) is 2. The second-order valence-corrected chi connectivity index (χ2v) is 4.08. The predicted octanol–water partition coefficient (Wildman–Crippen LogP) is 3.28. The lowest BCUT2D eigenvalue weighted by Crippen LogP contribution is -1.93. The number of halogens is 1. The molecule has 0 atom stereocenters. The standard InChI is InChI=1S/C14H8ClN3O2/c1-19-11-4-9(7-16)5-12(6-11)20-14-13(15)10(8-17)2-3-18-14/h2-6H,1H3. The first-order valence-electron chi connectivity index (χ1n) is 5.49. The molecule has 5 nitrogen and oxygen atoms in total. The smallest absolute Gasteiger partial charge is 0.239 e. The molecule has 2 rings (SSSR count). The Morgan fingerprint density at radius 3 is 2.55 bits per heavy atom. The summed E-state index contributed by atoms with van der Waals surface area (Å²) in [5.41, 5.74) is 0.645. The maximum atomic E-state index is 8.94. The molecule has 0 spiro atoms. The molecule has 0 aliphatic rings. The summed E-state index contributed by atoms with van der Waals surface area (Å²) >= 11 is 6.00. The molecule has 1 heterocycles. The average Bonchev–Trinajstić information content (AvgIpc) is 2.49. The highest BCUT2D eigenvalue weighted by Crippen LogP contribution is 2.31. The molecule has 1 aromatic heterocycles. The van der Waals surface area contributed by atoms with Crippen LogP contribution in [0.4, 0.5) is 0 Å². The minimum Gasteiger partial charge on any atom is -0.497 e. The lowest BCUT2D eigenvalue weighted by Gasteiger charge is -2.09. The first-order valence-corrected chi connectivity index (χ1v) is 5.87. The van der Waals surface area contributed by atoms with Crippen molar-refractivity contribution in [1.82, 2.24) is 4.98 Å². The molecule has 0 unspecified atom stereocenters. The van der Waals surface area contributed by atoms with Gasteiger partial charge >= 0.3 is 0 Å². The van der Waals surface area contributed by atoms with Gasteiger partial charge in [-0.3, -0.25) is 0 Å². The minimum atomic E-state index is 0.0999. The van der Waals surface area contributed by atoms with E-state index in [0.717, 1.165) is 0 Å². The van der Waals surface area contributed by atoms with Crippen LogP contribution in [0.25, 0.3) is 0 Å². The van der Waals surface area contributed by atoms with Crippen LogP contribution in [-0.2, 0) is 0 Å². The van der Waals surface area contributed by atoms with Gasteiger partial charge in [-0.1, -0.05) is 11.6 Å². The van der Waals surface area contributed by atoms with Crippen molar-refractivity contribution in [2.24, 2.45) is 0 Å². The molecule has 0 N–H and O–H groups in total. The maximum Gasteiger partial charge on any atom is 0.239 e. The van der Waals surface area contributed by atoms with Crippen molar-refractivity contribution in [1.29, 1.82) is 10.5 Å². The van der Waals surface area contributed by atoms with Crippen LogP contribution in [0.5, 0.6) is 17.4 Å². The van der Waals surface area contributed by atoms with Crippen molar-refractivity contribution in [3.8, 4) is 29.5 Å². The third kappa shape index (κ3) is 2.80. The fraction of sp³-hybridized carbons (Fsp3) is 0.0714. The number of nitriles is 2. The average molecular weight is 286 g/mol. The zero-order chi connectivity index (χ0) is 14.5. The van der Waals surface area contributed by atoms with Crippen LogP contribution in [0.15, 0.2) is 30.5 Å². The fourth-order valence-electron chi connectivity index (χ4n) is 1.51. The van der Waals surface area contributed by atoms with Crippen LogP contribution in [0.1, 0.15) is 11.1 Å². The highest BCUT2D eigenvalue weighted by atomic mass is 35.5. The number of pyridine rings is 1. The van der Waals surface area contributed by atoms with Gasteiger partial charge in [0.1, 0.15) is 22.6 Å². The Morgan fingerprint density at radius 1 is 1.15 bits per heavy atom. The zero-order valence-corrected chi connectivity index (χ0v) is 11.2. The van der Waals surface area contributed by atoms with Gasteiger partial charge in [-0.2, -0.15) is 10.5 Å². The van der Waals surface area contributed by atoms with E-state index in [1.165, 1.54) is 25.4 Å². The van der Waals surface area contributed by atoms with Crippen molar-refractivity contribution >= 4 is 11.6 Å². The summed E-state index contributed by atoms with van der Waals surface area (Å²) in [5, 5.41) is 18.0. The molecule has 0 fully saturated rings. The number of hydrogen-bond donors (Lipinski definition) is 0. The van der Waals surface area contributed by atoms with E-state index in [0.29, 0.717) is 17.1 Å². The van der Waals surface area contributed by atoms with Crippen LogP contribution in [0.3, 0.4) is 0 Å². The van der Waals surface area contributed by atoms with Gasteiger partial charge in [-0.25, -0.2) is 4.98 Å². The van der Waals surface area contributed by atoms with E-state index in [1.54, 1.807) is 12.1 Å². The monoisotopic (exact) mass is 285 g/mol.